The van der Waals surface area contributed by atoms with E-state index in [1.807, 2.05) is 0 Å². The molecule has 0 radical (unpaired) electrons. The molecule has 0 amide bonds. The molecule has 1 unspecified atom stereocenters. The molecule has 0 saturated heterocycles. The van der Waals surface area contributed by atoms with Gasteiger partial charge < -0.3 is 4.74 Å². The maximum atomic E-state index is 13.2. The maximum absolute atomic E-state index is 13.2. The molecule has 2 nitrogen and oxygen atoms in total. The number of rotatable bonds is 2. The Kier molecular flexibility index (Phi) is 4.01. The lowest BCUT2D eigenvalue weighted by atomic mass is 10.2. The number of esters is 1. The van der Waals surface area contributed by atoms with Crippen molar-refractivity contribution in [2.24, 2.45) is 0 Å². The van der Waals surface area contributed by atoms with E-state index in [1.165, 1.54) is 13.0 Å². The molecular formula is C12H10F2O2. The summed E-state index contributed by atoms with van der Waals surface area (Å²) in [6, 6.07) is 3.17. The van der Waals surface area contributed by atoms with Gasteiger partial charge in [-0.2, -0.15) is 0 Å². The van der Waals surface area contributed by atoms with Crippen molar-refractivity contribution in [3.05, 3.63) is 35.4 Å². The van der Waals surface area contributed by atoms with Gasteiger partial charge in [-0.05, 0) is 26.0 Å². The summed E-state index contributed by atoms with van der Waals surface area (Å²) in [6.45, 7) is 3.10. The number of hydrogen-bond donors (Lipinski definition) is 0. The molecule has 16 heavy (non-hydrogen) atoms. The first kappa shape index (κ1) is 12.2. The monoisotopic (exact) mass is 224 g/mol. The van der Waals surface area contributed by atoms with Crippen LogP contribution in [0.3, 0.4) is 0 Å². The predicted molar refractivity (Wildman–Crippen MR) is 54.7 cm³/mol. The summed E-state index contributed by atoms with van der Waals surface area (Å²) in [7, 11) is 0. The van der Waals surface area contributed by atoms with E-state index in [4.69, 9.17) is 4.74 Å². The molecule has 0 saturated carbocycles. The molecule has 1 aromatic rings. The molecule has 0 N–H and O–H groups in total. The summed E-state index contributed by atoms with van der Waals surface area (Å²) in [5.41, 5.74) is -0.688. The Labute approximate surface area is 92.2 Å². The second-order valence-corrected chi connectivity index (χ2v) is 3.04. The van der Waals surface area contributed by atoms with E-state index >= 15 is 0 Å². The van der Waals surface area contributed by atoms with Crippen molar-refractivity contribution in [3.8, 4) is 11.8 Å². The van der Waals surface area contributed by atoms with Crippen molar-refractivity contribution in [1.82, 2.24) is 0 Å². The Morgan fingerprint density at radius 3 is 2.44 bits per heavy atom. The van der Waals surface area contributed by atoms with Gasteiger partial charge in [-0.15, -0.1) is 5.92 Å². The summed E-state index contributed by atoms with van der Waals surface area (Å²) in [5.74, 6) is 2.15. The SMILES string of the molecule is CC#CC(C)OC(=O)c1c(F)cccc1F. The van der Waals surface area contributed by atoms with Crippen LogP contribution in [0, 0.1) is 23.5 Å². The molecule has 1 rings (SSSR count). The second kappa shape index (κ2) is 5.26. The van der Waals surface area contributed by atoms with Crippen LogP contribution in [0.25, 0.3) is 0 Å². The minimum absolute atomic E-state index is 0.688. The summed E-state index contributed by atoms with van der Waals surface area (Å²) in [6.07, 6.45) is -0.698. The quantitative estimate of drug-likeness (QED) is 0.570. The van der Waals surface area contributed by atoms with E-state index in [-0.39, 0.29) is 0 Å². The van der Waals surface area contributed by atoms with Gasteiger partial charge in [0.15, 0.2) is 6.10 Å². The lowest BCUT2D eigenvalue weighted by molar-refractivity contribution is 0.0427. The largest absolute Gasteiger partial charge is 0.446 e. The highest BCUT2D eigenvalue weighted by Crippen LogP contribution is 2.13. The van der Waals surface area contributed by atoms with Crippen molar-refractivity contribution >= 4 is 5.97 Å². The second-order valence-electron chi connectivity index (χ2n) is 3.04. The maximum Gasteiger partial charge on any atom is 0.345 e. The summed E-state index contributed by atoms with van der Waals surface area (Å²) >= 11 is 0. The van der Waals surface area contributed by atoms with Gasteiger partial charge in [0.05, 0.1) is 0 Å². The molecule has 1 atom stereocenters. The van der Waals surface area contributed by atoms with Crippen molar-refractivity contribution in [2.45, 2.75) is 20.0 Å². The third kappa shape index (κ3) is 2.80. The van der Waals surface area contributed by atoms with Gasteiger partial charge in [0.2, 0.25) is 0 Å². The number of hydrogen-bond acceptors (Lipinski definition) is 2. The molecular weight excluding hydrogens is 214 g/mol. The van der Waals surface area contributed by atoms with Crippen LogP contribution in [-0.2, 0) is 4.74 Å². The Hall–Kier alpha value is -1.89. The zero-order chi connectivity index (χ0) is 12.1. The van der Waals surface area contributed by atoms with Crippen LogP contribution in [0.2, 0.25) is 0 Å². The van der Waals surface area contributed by atoms with Crippen LogP contribution >= 0.6 is 0 Å². The highest BCUT2D eigenvalue weighted by molar-refractivity contribution is 5.90. The fourth-order valence-electron chi connectivity index (χ4n) is 1.15. The molecule has 0 fully saturated rings. The number of halogens is 2. The van der Waals surface area contributed by atoms with Crippen LogP contribution in [0.15, 0.2) is 18.2 Å². The minimum Gasteiger partial charge on any atom is -0.446 e. The number of benzene rings is 1. The minimum atomic E-state index is -1.05. The van der Waals surface area contributed by atoms with Gasteiger partial charge >= 0.3 is 5.97 Å². The van der Waals surface area contributed by atoms with Crippen LogP contribution < -0.4 is 0 Å². The lowest BCUT2D eigenvalue weighted by Gasteiger charge is -2.08. The zero-order valence-electron chi connectivity index (χ0n) is 8.88. The smallest absolute Gasteiger partial charge is 0.345 e. The van der Waals surface area contributed by atoms with Crippen LogP contribution in [-0.4, -0.2) is 12.1 Å². The van der Waals surface area contributed by atoms with Crippen molar-refractivity contribution in [1.29, 1.82) is 0 Å². The van der Waals surface area contributed by atoms with Gasteiger partial charge in [-0.25, -0.2) is 13.6 Å². The lowest BCUT2D eigenvalue weighted by Crippen LogP contribution is -2.16. The van der Waals surface area contributed by atoms with E-state index in [0.29, 0.717) is 0 Å². The van der Waals surface area contributed by atoms with Crippen molar-refractivity contribution < 1.29 is 18.3 Å². The van der Waals surface area contributed by atoms with E-state index < -0.39 is 29.3 Å². The average molecular weight is 224 g/mol. The molecule has 0 bridgehead atoms. The van der Waals surface area contributed by atoms with E-state index in [1.54, 1.807) is 6.92 Å². The number of carbonyl (C=O) groups excluding carboxylic acids is 1. The molecule has 0 aromatic heterocycles. The Morgan fingerprint density at radius 2 is 1.94 bits per heavy atom. The third-order valence-corrected chi connectivity index (χ3v) is 1.80. The van der Waals surface area contributed by atoms with Crippen LogP contribution in [0.5, 0.6) is 0 Å². The van der Waals surface area contributed by atoms with Gasteiger partial charge in [-0.1, -0.05) is 12.0 Å². The standard InChI is InChI=1S/C12H10F2O2/c1-3-5-8(2)16-12(15)11-9(13)6-4-7-10(11)14/h4,6-8H,1-2H3. The Morgan fingerprint density at radius 1 is 1.38 bits per heavy atom. The van der Waals surface area contributed by atoms with Crippen LogP contribution in [0.1, 0.15) is 24.2 Å². The van der Waals surface area contributed by atoms with Gasteiger partial charge in [0.1, 0.15) is 17.2 Å². The normalized spacial score (nSPS) is 11.2. The van der Waals surface area contributed by atoms with Gasteiger partial charge in [0, 0.05) is 0 Å². The molecule has 0 aliphatic heterocycles. The van der Waals surface area contributed by atoms with Crippen molar-refractivity contribution in [3.63, 3.8) is 0 Å². The highest BCUT2D eigenvalue weighted by Gasteiger charge is 2.19. The van der Waals surface area contributed by atoms with Crippen molar-refractivity contribution in [2.75, 3.05) is 0 Å². The average Bonchev–Trinajstić information content (AvgIpc) is 2.17. The Balaban J connectivity index is 2.91. The first-order valence-corrected chi connectivity index (χ1v) is 4.63. The first-order valence-electron chi connectivity index (χ1n) is 4.63. The van der Waals surface area contributed by atoms with Gasteiger partial charge in [0.25, 0.3) is 0 Å². The molecule has 0 aliphatic rings. The van der Waals surface area contributed by atoms with E-state index in [2.05, 4.69) is 11.8 Å². The zero-order valence-corrected chi connectivity index (χ0v) is 8.88. The topological polar surface area (TPSA) is 26.3 Å². The van der Waals surface area contributed by atoms with E-state index in [0.717, 1.165) is 12.1 Å². The molecule has 0 spiro atoms. The fourth-order valence-corrected chi connectivity index (χ4v) is 1.15. The number of ether oxygens (including phenoxy) is 1. The summed E-state index contributed by atoms with van der Waals surface area (Å²) in [5, 5.41) is 0. The Bertz CT molecular complexity index is 438. The third-order valence-electron chi connectivity index (χ3n) is 1.80. The predicted octanol–water partition coefficient (Wildman–Crippen LogP) is 2.53. The number of carbonyl (C=O) groups is 1. The van der Waals surface area contributed by atoms with Gasteiger partial charge in [-0.3, -0.25) is 0 Å². The first-order chi connectivity index (χ1) is 7.56. The molecule has 84 valence electrons. The fraction of sp³-hybridized carbons (Fsp3) is 0.250. The molecule has 0 aliphatic carbocycles. The van der Waals surface area contributed by atoms with E-state index in [9.17, 15) is 13.6 Å². The van der Waals surface area contributed by atoms with Crippen LogP contribution in [0.4, 0.5) is 8.78 Å². The molecule has 0 heterocycles. The highest BCUT2D eigenvalue weighted by atomic mass is 19.1. The summed E-state index contributed by atoms with van der Waals surface area (Å²) < 4.78 is 31.1. The summed E-state index contributed by atoms with van der Waals surface area (Å²) in [4.78, 5) is 11.4. The molecule has 4 heteroatoms. The molecule has 1 aromatic carbocycles.